The molecule has 0 heterocycles. The van der Waals surface area contributed by atoms with E-state index in [2.05, 4.69) is 7.11 Å². The average molecular weight is 104 g/mol. The molecule has 0 saturated carbocycles. The van der Waals surface area contributed by atoms with Crippen LogP contribution in [0.1, 0.15) is 0 Å². The molecule has 1 N–H and O–H groups in total. The molecule has 0 aliphatic carbocycles. The first-order valence-corrected chi connectivity index (χ1v) is 1.70. The summed E-state index contributed by atoms with van der Waals surface area (Å²) >= 11 is 0. The molecule has 0 rings (SSSR count). The molecule has 43 valence electrons. The van der Waals surface area contributed by atoms with E-state index in [9.17, 15) is 4.79 Å². The van der Waals surface area contributed by atoms with Crippen LogP contribution in [-0.4, -0.2) is 30.5 Å². The summed E-state index contributed by atoms with van der Waals surface area (Å²) in [6, 6.07) is 0. The van der Waals surface area contributed by atoms with Crippen molar-refractivity contribution in [1.82, 2.24) is 4.90 Å². The minimum Gasteiger partial charge on any atom is -0.394 e. The van der Waals surface area contributed by atoms with Gasteiger partial charge in [0.1, 0.15) is 0 Å². The second-order valence-electron chi connectivity index (χ2n) is 1.07. The third-order valence-corrected chi connectivity index (χ3v) is 0.211. The maximum atomic E-state index is 9.43. The second kappa shape index (κ2) is 9.06. The summed E-state index contributed by atoms with van der Waals surface area (Å²) in [7, 11) is 5.62. The van der Waals surface area contributed by atoms with Gasteiger partial charge in [-0.3, -0.25) is 4.79 Å². The first-order chi connectivity index (χ1) is 3.27. The van der Waals surface area contributed by atoms with Crippen LogP contribution < -0.4 is 0 Å². The number of carbonyl (C=O) groups is 1. The highest BCUT2D eigenvalue weighted by atomic mass is 16.2. The van der Waals surface area contributed by atoms with E-state index in [1.807, 2.05) is 0 Å². The molecule has 0 aliphatic rings. The molecule has 0 unspecified atom stereocenters. The predicted octanol–water partition coefficient (Wildman–Crippen LogP) is -0.145. The Hall–Kier alpha value is -0.570. The minimum absolute atomic E-state index is 0.750. The fourth-order valence-corrected chi connectivity index (χ4v) is 0. The quantitative estimate of drug-likeness (QED) is 0.470. The topological polar surface area (TPSA) is 40.5 Å². The summed E-state index contributed by atoms with van der Waals surface area (Å²) in [5.41, 5.74) is 0. The van der Waals surface area contributed by atoms with Gasteiger partial charge in [-0.2, -0.15) is 0 Å². The van der Waals surface area contributed by atoms with Gasteiger partial charge in [0.25, 0.3) is 0 Å². The molecule has 3 heteroatoms. The van der Waals surface area contributed by atoms with Crippen molar-refractivity contribution in [2.45, 2.75) is 0 Å². The van der Waals surface area contributed by atoms with E-state index in [1.54, 1.807) is 14.1 Å². The molecule has 0 bridgehead atoms. The van der Waals surface area contributed by atoms with Gasteiger partial charge in [0, 0.05) is 14.1 Å². The Kier molecular flexibility index (Phi) is 12.5. The number of aliphatic hydroxyl groups excluding tert-OH is 1. The fourth-order valence-electron chi connectivity index (χ4n) is 0. The normalized spacial score (nSPS) is 5.71. The first-order valence-electron chi connectivity index (χ1n) is 1.70. The average Bonchev–Trinajstić information content (AvgIpc) is 1.73. The van der Waals surface area contributed by atoms with Gasteiger partial charge in [-0.1, -0.05) is 0 Å². The SMILES string of the molecule is CN(C)C=O.[CH2]O. The molecule has 1 radical (unpaired) electrons. The van der Waals surface area contributed by atoms with Crippen LogP contribution in [0.5, 0.6) is 0 Å². The molecule has 7 heavy (non-hydrogen) atoms. The number of nitrogens with zero attached hydrogens (tertiary/aromatic N) is 1. The van der Waals surface area contributed by atoms with E-state index in [0.29, 0.717) is 0 Å². The van der Waals surface area contributed by atoms with E-state index in [4.69, 9.17) is 5.11 Å². The Bertz CT molecular complexity index is 36.7. The molecule has 0 aliphatic heterocycles. The standard InChI is InChI=1S/C3H7NO.CH3O/c1-4(2)3-5;1-2/h3H,1-2H3;2H,1H2. The van der Waals surface area contributed by atoms with Crippen LogP contribution in [0.4, 0.5) is 0 Å². The van der Waals surface area contributed by atoms with E-state index in [-0.39, 0.29) is 0 Å². The van der Waals surface area contributed by atoms with Crippen LogP contribution in [0.15, 0.2) is 0 Å². The summed E-state index contributed by atoms with van der Waals surface area (Å²) in [5.74, 6) is 0. The van der Waals surface area contributed by atoms with Crippen LogP contribution in [0.25, 0.3) is 0 Å². The van der Waals surface area contributed by atoms with Crippen molar-refractivity contribution in [1.29, 1.82) is 0 Å². The van der Waals surface area contributed by atoms with Gasteiger partial charge >= 0.3 is 0 Å². The molecule has 3 nitrogen and oxygen atoms in total. The van der Waals surface area contributed by atoms with Crippen LogP contribution in [0.2, 0.25) is 0 Å². The first kappa shape index (κ1) is 9.66. The number of amides is 1. The lowest BCUT2D eigenvalue weighted by molar-refractivity contribution is -0.115. The Morgan fingerprint density at radius 2 is 1.71 bits per heavy atom. The maximum Gasteiger partial charge on any atom is 0.209 e. The Morgan fingerprint density at radius 3 is 1.71 bits per heavy atom. The number of hydrogen-bond donors (Lipinski definition) is 1. The molecule has 0 spiro atoms. The Morgan fingerprint density at radius 1 is 1.57 bits per heavy atom. The highest BCUT2D eigenvalue weighted by Gasteiger charge is 1.68. The lowest BCUT2D eigenvalue weighted by Crippen LogP contribution is -2.06. The molecule has 0 aromatic heterocycles. The predicted molar refractivity (Wildman–Crippen MR) is 27.0 cm³/mol. The Balaban J connectivity index is 0. The van der Waals surface area contributed by atoms with E-state index in [1.165, 1.54) is 4.90 Å². The monoisotopic (exact) mass is 104 g/mol. The summed E-state index contributed by atoms with van der Waals surface area (Å²) in [4.78, 5) is 10.9. The summed E-state index contributed by atoms with van der Waals surface area (Å²) in [5, 5.41) is 6.75. The van der Waals surface area contributed by atoms with Gasteiger partial charge in [-0.15, -0.1) is 0 Å². The molecular weight excluding hydrogens is 94.0 g/mol. The summed E-state index contributed by atoms with van der Waals surface area (Å²) in [6.45, 7) is 0. The van der Waals surface area contributed by atoms with Gasteiger partial charge in [0.15, 0.2) is 0 Å². The fraction of sp³-hybridized carbons (Fsp3) is 0.500. The molecule has 0 aromatic rings. The highest BCUT2D eigenvalue weighted by Crippen LogP contribution is 1.52. The van der Waals surface area contributed by atoms with Crippen molar-refractivity contribution in [2.75, 3.05) is 14.1 Å². The zero-order chi connectivity index (χ0) is 6.28. The van der Waals surface area contributed by atoms with E-state index < -0.39 is 0 Å². The number of hydrogen-bond acceptors (Lipinski definition) is 2. The van der Waals surface area contributed by atoms with Crippen LogP contribution in [-0.2, 0) is 4.79 Å². The van der Waals surface area contributed by atoms with Crippen molar-refractivity contribution >= 4 is 6.41 Å². The maximum absolute atomic E-state index is 9.43. The molecular formula is C4H10NO2. The van der Waals surface area contributed by atoms with Crippen molar-refractivity contribution in [2.24, 2.45) is 0 Å². The van der Waals surface area contributed by atoms with Gasteiger partial charge in [0.2, 0.25) is 6.41 Å². The van der Waals surface area contributed by atoms with Crippen LogP contribution >= 0.6 is 0 Å². The number of aliphatic hydroxyl groups is 1. The number of rotatable bonds is 1. The zero-order valence-electron chi connectivity index (χ0n) is 4.59. The second-order valence-corrected chi connectivity index (χ2v) is 1.07. The highest BCUT2D eigenvalue weighted by molar-refractivity contribution is 5.45. The van der Waals surface area contributed by atoms with Gasteiger partial charge < -0.3 is 10.0 Å². The third kappa shape index (κ3) is 31.2. The molecule has 0 fully saturated rings. The van der Waals surface area contributed by atoms with Crippen molar-refractivity contribution in [3.63, 3.8) is 0 Å². The third-order valence-electron chi connectivity index (χ3n) is 0.211. The summed E-state index contributed by atoms with van der Waals surface area (Å²) in [6.07, 6.45) is 0.750. The molecule has 1 amide bonds. The van der Waals surface area contributed by atoms with Crippen molar-refractivity contribution < 1.29 is 9.90 Å². The minimum atomic E-state index is 0.750. The van der Waals surface area contributed by atoms with E-state index in [0.717, 1.165) is 6.41 Å². The Labute approximate surface area is 43.6 Å². The van der Waals surface area contributed by atoms with Crippen LogP contribution in [0.3, 0.4) is 0 Å². The smallest absolute Gasteiger partial charge is 0.209 e. The lowest BCUT2D eigenvalue weighted by Gasteiger charge is -1.93. The van der Waals surface area contributed by atoms with Gasteiger partial charge in [-0.25, -0.2) is 0 Å². The lowest BCUT2D eigenvalue weighted by atomic mass is 11.0. The van der Waals surface area contributed by atoms with E-state index >= 15 is 0 Å². The van der Waals surface area contributed by atoms with Crippen molar-refractivity contribution in [3.8, 4) is 0 Å². The van der Waals surface area contributed by atoms with Crippen LogP contribution in [0, 0.1) is 7.11 Å². The molecule has 0 aromatic carbocycles. The van der Waals surface area contributed by atoms with Gasteiger partial charge in [-0.05, 0) is 0 Å². The molecule has 0 atom stereocenters. The number of carbonyl (C=O) groups excluding carboxylic acids is 1. The largest absolute Gasteiger partial charge is 0.394 e. The zero-order valence-corrected chi connectivity index (χ0v) is 4.59. The molecule has 0 saturated heterocycles. The van der Waals surface area contributed by atoms with Crippen molar-refractivity contribution in [3.05, 3.63) is 7.11 Å². The van der Waals surface area contributed by atoms with Gasteiger partial charge in [0.05, 0.1) is 7.11 Å². The summed E-state index contributed by atoms with van der Waals surface area (Å²) < 4.78 is 0.